The molecule has 1 fully saturated rings. The van der Waals surface area contributed by atoms with E-state index in [9.17, 15) is 4.79 Å². The number of hydrogen-bond donors (Lipinski definition) is 0. The van der Waals surface area contributed by atoms with Gasteiger partial charge in [0.05, 0.1) is 6.61 Å². The number of likely N-dealkylation sites (tertiary alicyclic amines) is 1. The number of aromatic nitrogens is 3. The lowest BCUT2D eigenvalue weighted by Crippen LogP contribution is -2.38. The largest absolute Gasteiger partial charge is 0.494 e. The van der Waals surface area contributed by atoms with Crippen molar-refractivity contribution in [2.45, 2.75) is 44.9 Å². The van der Waals surface area contributed by atoms with Gasteiger partial charge in [0.15, 0.2) is 5.65 Å². The van der Waals surface area contributed by atoms with Crippen molar-refractivity contribution in [1.29, 1.82) is 0 Å². The quantitative estimate of drug-likeness (QED) is 0.571. The Morgan fingerprint density at radius 2 is 1.97 bits per heavy atom. The second kappa shape index (κ2) is 9.07. The average molecular weight is 393 g/mol. The molecule has 1 aliphatic heterocycles. The first kappa shape index (κ1) is 19.4. The van der Waals surface area contributed by atoms with Gasteiger partial charge in [-0.1, -0.05) is 18.2 Å². The first-order valence-corrected chi connectivity index (χ1v) is 10.5. The fourth-order valence-corrected chi connectivity index (χ4v) is 3.96. The molecule has 1 saturated heterocycles. The van der Waals surface area contributed by atoms with Gasteiger partial charge in [0.2, 0.25) is 5.91 Å². The Hall–Kier alpha value is -2.89. The molecule has 0 N–H and O–H groups in total. The van der Waals surface area contributed by atoms with Gasteiger partial charge in [-0.05, 0) is 62.4 Å². The van der Waals surface area contributed by atoms with Crippen molar-refractivity contribution in [2.24, 2.45) is 0 Å². The minimum atomic E-state index is 0.255. The molecular formula is C23H28N4O2. The fourth-order valence-electron chi connectivity index (χ4n) is 3.96. The molecule has 0 spiro atoms. The molecule has 1 amide bonds. The maximum atomic E-state index is 12.5. The molecule has 0 unspecified atom stereocenters. The third-order valence-corrected chi connectivity index (χ3v) is 5.60. The lowest BCUT2D eigenvalue weighted by molar-refractivity contribution is -0.132. The lowest BCUT2D eigenvalue weighted by atomic mass is 9.95. The third-order valence-electron chi connectivity index (χ3n) is 5.60. The van der Waals surface area contributed by atoms with Gasteiger partial charge in [0, 0.05) is 31.6 Å². The number of pyridine rings is 1. The Morgan fingerprint density at radius 1 is 1.10 bits per heavy atom. The van der Waals surface area contributed by atoms with Crippen LogP contribution in [-0.4, -0.2) is 45.1 Å². The lowest BCUT2D eigenvalue weighted by Gasteiger charge is -2.31. The number of carbonyl (C=O) groups is 1. The number of fused-ring (bicyclic) bond motifs is 1. The number of amides is 1. The van der Waals surface area contributed by atoms with E-state index in [2.05, 4.69) is 27.6 Å². The minimum absolute atomic E-state index is 0.255. The van der Waals surface area contributed by atoms with Crippen molar-refractivity contribution >= 4 is 11.6 Å². The van der Waals surface area contributed by atoms with Crippen LogP contribution in [0.25, 0.3) is 5.65 Å². The highest BCUT2D eigenvalue weighted by atomic mass is 16.5. The monoisotopic (exact) mass is 392 g/mol. The molecule has 0 radical (unpaired) electrons. The second-order valence-corrected chi connectivity index (χ2v) is 7.76. The van der Waals surface area contributed by atoms with Crippen molar-refractivity contribution in [3.8, 4) is 5.75 Å². The van der Waals surface area contributed by atoms with E-state index >= 15 is 0 Å². The highest BCUT2D eigenvalue weighted by Gasteiger charge is 2.26. The van der Waals surface area contributed by atoms with Crippen molar-refractivity contribution in [1.82, 2.24) is 19.5 Å². The summed E-state index contributed by atoms with van der Waals surface area (Å²) in [5.41, 5.74) is 2.08. The molecule has 3 aromatic rings. The number of ether oxygens (including phenoxy) is 1. The summed E-state index contributed by atoms with van der Waals surface area (Å²) in [7, 11) is 0. The van der Waals surface area contributed by atoms with E-state index in [1.807, 2.05) is 47.5 Å². The van der Waals surface area contributed by atoms with Crippen LogP contribution in [0.5, 0.6) is 5.75 Å². The van der Waals surface area contributed by atoms with Crippen molar-refractivity contribution in [3.63, 3.8) is 0 Å². The van der Waals surface area contributed by atoms with Crippen molar-refractivity contribution in [3.05, 3.63) is 60.0 Å². The van der Waals surface area contributed by atoms with Gasteiger partial charge in [-0.3, -0.25) is 9.20 Å². The molecule has 152 valence electrons. The van der Waals surface area contributed by atoms with Crippen molar-refractivity contribution in [2.75, 3.05) is 19.7 Å². The number of rotatable bonds is 7. The molecule has 4 rings (SSSR count). The maximum Gasteiger partial charge on any atom is 0.222 e. The predicted molar refractivity (Wildman–Crippen MR) is 112 cm³/mol. The van der Waals surface area contributed by atoms with Gasteiger partial charge in [0.1, 0.15) is 11.6 Å². The Bertz CT molecular complexity index is 960. The highest BCUT2D eigenvalue weighted by Crippen LogP contribution is 2.27. The summed E-state index contributed by atoms with van der Waals surface area (Å²) in [6.45, 7) is 4.30. The molecule has 3 heterocycles. The van der Waals surface area contributed by atoms with Crippen LogP contribution in [0.15, 0.2) is 48.7 Å². The van der Waals surface area contributed by atoms with Crippen LogP contribution in [0.3, 0.4) is 0 Å². The zero-order valence-electron chi connectivity index (χ0n) is 17.0. The first-order valence-electron chi connectivity index (χ1n) is 10.5. The molecule has 0 aliphatic carbocycles. The summed E-state index contributed by atoms with van der Waals surface area (Å²) >= 11 is 0. The summed E-state index contributed by atoms with van der Waals surface area (Å²) in [4.78, 5) is 14.5. The maximum absolute atomic E-state index is 12.5. The average Bonchev–Trinajstić information content (AvgIpc) is 3.18. The second-order valence-electron chi connectivity index (χ2n) is 7.76. The molecule has 6 heteroatoms. The Balaban J connectivity index is 1.18. The van der Waals surface area contributed by atoms with E-state index in [1.54, 1.807) is 0 Å². The standard InChI is InChI=1S/C23H28N4O2/c1-18-7-6-8-20(17-18)29-16-5-3-10-22(28)26-14-11-19(12-15-26)23-25-24-21-9-2-4-13-27(21)23/h2,4,6-9,13,17,19H,3,5,10-12,14-16H2,1H3. The third kappa shape index (κ3) is 4.75. The normalized spacial score (nSPS) is 15.0. The van der Waals surface area contributed by atoms with Gasteiger partial charge in [-0.25, -0.2) is 0 Å². The van der Waals surface area contributed by atoms with E-state index in [0.29, 0.717) is 18.9 Å². The van der Waals surface area contributed by atoms with E-state index in [-0.39, 0.29) is 5.91 Å². The van der Waals surface area contributed by atoms with Gasteiger partial charge in [-0.15, -0.1) is 10.2 Å². The number of benzene rings is 1. The number of unbranched alkanes of at least 4 members (excludes halogenated alkanes) is 1. The molecule has 1 aromatic carbocycles. The molecular weight excluding hydrogens is 364 g/mol. The molecule has 0 atom stereocenters. The first-order chi connectivity index (χ1) is 14.2. The zero-order chi connectivity index (χ0) is 20.1. The highest BCUT2D eigenvalue weighted by molar-refractivity contribution is 5.76. The number of piperidine rings is 1. The molecule has 1 aliphatic rings. The molecule has 6 nitrogen and oxygen atoms in total. The summed E-state index contributed by atoms with van der Waals surface area (Å²) in [5, 5.41) is 8.64. The summed E-state index contributed by atoms with van der Waals surface area (Å²) in [6, 6.07) is 14.0. The zero-order valence-corrected chi connectivity index (χ0v) is 17.0. The predicted octanol–water partition coefficient (Wildman–Crippen LogP) is 3.99. The Kier molecular flexibility index (Phi) is 6.08. The number of aryl methyl sites for hydroxylation is 1. The SMILES string of the molecule is Cc1cccc(OCCCCC(=O)N2CCC(c3nnc4ccccn34)CC2)c1. The van der Waals surface area contributed by atoms with Crippen LogP contribution in [0.2, 0.25) is 0 Å². The molecule has 29 heavy (non-hydrogen) atoms. The van der Waals surface area contributed by atoms with Crippen molar-refractivity contribution < 1.29 is 9.53 Å². The number of carbonyl (C=O) groups excluding carboxylic acids is 1. The van der Waals surface area contributed by atoms with Crippen LogP contribution < -0.4 is 4.74 Å². The van der Waals surface area contributed by atoms with Gasteiger partial charge in [0.25, 0.3) is 0 Å². The van der Waals surface area contributed by atoms with E-state index in [0.717, 1.165) is 56.0 Å². The minimum Gasteiger partial charge on any atom is -0.494 e. The van der Waals surface area contributed by atoms with Crippen LogP contribution in [-0.2, 0) is 4.79 Å². The summed E-state index contributed by atoms with van der Waals surface area (Å²) < 4.78 is 7.83. The molecule has 2 aromatic heterocycles. The molecule has 0 saturated carbocycles. The fraction of sp³-hybridized carbons (Fsp3) is 0.435. The van der Waals surface area contributed by atoms with Gasteiger partial charge < -0.3 is 9.64 Å². The van der Waals surface area contributed by atoms with Crippen LogP contribution in [0.4, 0.5) is 0 Å². The number of nitrogens with zero attached hydrogens (tertiary/aromatic N) is 4. The van der Waals surface area contributed by atoms with Gasteiger partial charge >= 0.3 is 0 Å². The summed E-state index contributed by atoms with van der Waals surface area (Å²) in [6.07, 6.45) is 6.24. The van der Waals surface area contributed by atoms with Crippen LogP contribution >= 0.6 is 0 Å². The summed E-state index contributed by atoms with van der Waals surface area (Å²) in [5.74, 6) is 2.53. The topological polar surface area (TPSA) is 59.7 Å². The van der Waals surface area contributed by atoms with Crippen LogP contribution in [0, 0.1) is 6.92 Å². The Morgan fingerprint density at radius 3 is 2.79 bits per heavy atom. The van der Waals surface area contributed by atoms with Crippen LogP contribution in [0.1, 0.15) is 49.4 Å². The van der Waals surface area contributed by atoms with E-state index in [4.69, 9.17) is 4.74 Å². The Labute approximate surface area is 171 Å². The van der Waals surface area contributed by atoms with Gasteiger partial charge in [-0.2, -0.15) is 0 Å². The molecule has 0 bridgehead atoms. The van der Waals surface area contributed by atoms with E-state index < -0.39 is 0 Å². The smallest absolute Gasteiger partial charge is 0.222 e. The number of hydrogen-bond acceptors (Lipinski definition) is 4. The van der Waals surface area contributed by atoms with E-state index in [1.165, 1.54) is 5.56 Å².